The molecule has 1 N–H and O–H groups in total. The van der Waals surface area contributed by atoms with Crippen LogP contribution in [0.3, 0.4) is 0 Å². The van der Waals surface area contributed by atoms with E-state index in [2.05, 4.69) is 4.98 Å². The van der Waals surface area contributed by atoms with Gasteiger partial charge in [0, 0.05) is 0 Å². The highest BCUT2D eigenvalue weighted by Gasteiger charge is 2.77. The zero-order valence-corrected chi connectivity index (χ0v) is 9.86. The van der Waals surface area contributed by atoms with Crippen LogP contribution in [0.25, 0.3) is 11.0 Å². The van der Waals surface area contributed by atoms with Gasteiger partial charge in [0.05, 0.1) is 11.0 Å². The van der Waals surface area contributed by atoms with E-state index in [4.69, 9.17) is 0 Å². The monoisotopic (exact) mass is 318 g/mol. The third-order valence-corrected chi connectivity index (χ3v) is 2.77. The molecule has 0 radical (unpaired) electrons. The lowest BCUT2D eigenvalue weighted by molar-refractivity contribution is -0.345. The summed E-state index contributed by atoms with van der Waals surface area (Å²) in [5.41, 5.74) is -0.313. The molecule has 0 amide bonds. The summed E-state index contributed by atoms with van der Waals surface area (Å²) in [6.45, 7) is 0. The fourth-order valence-corrected chi connectivity index (χ4v) is 1.60. The maximum absolute atomic E-state index is 13.6. The number of aromatic nitrogens is 2. The Hall–Kier alpha value is -1.87. The predicted octanol–water partition coefficient (Wildman–Crippen LogP) is 4.19. The van der Waals surface area contributed by atoms with E-state index in [1.165, 1.54) is 18.2 Å². The van der Waals surface area contributed by atoms with E-state index in [9.17, 15) is 35.1 Å². The zero-order chi connectivity index (χ0) is 16.1. The van der Waals surface area contributed by atoms with E-state index in [1.54, 1.807) is 4.98 Å². The number of nitrogens with one attached hydrogen (secondary N) is 1. The summed E-state index contributed by atoms with van der Waals surface area (Å²) in [6.07, 6.45) is -4.96. The molecule has 1 aromatic carbocycles. The lowest BCUT2D eigenvalue weighted by Crippen LogP contribution is -2.56. The van der Waals surface area contributed by atoms with Crippen LogP contribution in [-0.2, 0) is 5.92 Å². The Bertz CT molecular complexity index is 615. The molecular weight excluding hydrogens is 312 g/mol. The molecule has 0 aliphatic rings. The van der Waals surface area contributed by atoms with E-state index in [1.807, 2.05) is 0 Å². The molecule has 1 aromatic heterocycles. The van der Waals surface area contributed by atoms with Gasteiger partial charge in [-0.2, -0.15) is 26.3 Å². The molecule has 2 aromatic rings. The van der Waals surface area contributed by atoms with Crippen molar-refractivity contribution >= 4 is 11.0 Å². The third-order valence-electron chi connectivity index (χ3n) is 2.77. The van der Waals surface area contributed by atoms with Crippen molar-refractivity contribution < 1.29 is 35.1 Å². The average Bonchev–Trinajstić information content (AvgIpc) is 2.82. The fraction of sp³-hybridized carbons (Fsp3) is 0.364. The van der Waals surface area contributed by atoms with E-state index >= 15 is 0 Å². The Morgan fingerprint density at radius 1 is 0.952 bits per heavy atom. The van der Waals surface area contributed by atoms with E-state index in [0.29, 0.717) is 0 Å². The van der Waals surface area contributed by atoms with Gasteiger partial charge in [-0.1, -0.05) is 12.1 Å². The first kappa shape index (κ1) is 15.5. The lowest BCUT2D eigenvalue weighted by atomic mass is 10.0. The predicted molar refractivity (Wildman–Crippen MR) is 55.9 cm³/mol. The molecule has 0 saturated carbocycles. The van der Waals surface area contributed by atoms with E-state index in [0.717, 1.165) is 6.07 Å². The Labute approximate surface area is 111 Å². The molecule has 0 aliphatic carbocycles. The maximum atomic E-state index is 13.6. The number of alkyl halides is 8. The molecule has 0 unspecified atom stereocenters. The van der Waals surface area contributed by atoms with Gasteiger partial charge in [0.1, 0.15) is 0 Å². The van der Waals surface area contributed by atoms with Crippen molar-refractivity contribution in [1.29, 1.82) is 0 Å². The highest BCUT2D eigenvalue weighted by Crippen LogP contribution is 2.52. The molecule has 0 fully saturated rings. The first-order valence-electron chi connectivity index (χ1n) is 5.38. The van der Waals surface area contributed by atoms with Crippen LogP contribution in [0.5, 0.6) is 0 Å². The van der Waals surface area contributed by atoms with Crippen LogP contribution in [-0.4, -0.2) is 28.2 Å². The van der Waals surface area contributed by atoms with Crippen LogP contribution in [0, 0.1) is 0 Å². The summed E-state index contributed by atoms with van der Waals surface area (Å²) < 4.78 is 103. The summed E-state index contributed by atoms with van der Waals surface area (Å²) in [7, 11) is 0. The number of rotatable bonds is 4. The van der Waals surface area contributed by atoms with Gasteiger partial charge in [0.15, 0.2) is 5.82 Å². The molecule has 1 heterocycles. The van der Waals surface area contributed by atoms with Gasteiger partial charge in [0.25, 0.3) is 0 Å². The maximum Gasteiger partial charge on any atom is 0.385 e. The number of hydrogen-bond donors (Lipinski definition) is 1. The Morgan fingerprint density at radius 3 is 2.05 bits per heavy atom. The molecule has 0 aliphatic heterocycles. The first-order valence-corrected chi connectivity index (χ1v) is 5.38. The SMILES string of the molecule is FC(F)C(F)(F)C(F)(F)C(F)(F)c1nc2ccccc2[nH]1. The minimum atomic E-state index is -6.32. The molecule has 0 atom stereocenters. The quantitative estimate of drug-likeness (QED) is 0.841. The average molecular weight is 318 g/mol. The molecule has 116 valence electrons. The van der Waals surface area contributed by atoms with Gasteiger partial charge in [-0.05, 0) is 12.1 Å². The fourth-order valence-electron chi connectivity index (χ4n) is 1.60. The largest absolute Gasteiger partial charge is 0.385 e. The minimum Gasteiger partial charge on any atom is -0.337 e. The van der Waals surface area contributed by atoms with Gasteiger partial charge in [0.2, 0.25) is 0 Å². The number of hydrogen-bond acceptors (Lipinski definition) is 1. The topological polar surface area (TPSA) is 28.7 Å². The number of aromatic amines is 1. The Morgan fingerprint density at radius 2 is 1.52 bits per heavy atom. The van der Waals surface area contributed by atoms with Crippen molar-refractivity contribution in [2.75, 3.05) is 0 Å². The van der Waals surface area contributed by atoms with Crippen molar-refractivity contribution in [3.05, 3.63) is 30.1 Å². The van der Waals surface area contributed by atoms with Gasteiger partial charge >= 0.3 is 24.2 Å². The molecule has 0 saturated heterocycles. The van der Waals surface area contributed by atoms with Crippen LogP contribution in [0.1, 0.15) is 5.82 Å². The standard InChI is InChI=1S/C11H6F8N2/c12-7(13)9(14,15)11(18,19)10(16,17)8-20-5-3-1-2-4-6(5)21-8/h1-4,7H,(H,20,21). The minimum absolute atomic E-state index is 0.122. The van der Waals surface area contributed by atoms with Crippen molar-refractivity contribution in [2.24, 2.45) is 0 Å². The smallest absolute Gasteiger partial charge is 0.337 e. The summed E-state index contributed by atoms with van der Waals surface area (Å²) >= 11 is 0. The van der Waals surface area contributed by atoms with Crippen molar-refractivity contribution in [1.82, 2.24) is 9.97 Å². The summed E-state index contributed by atoms with van der Waals surface area (Å²) in [6, 6.07) is 5.05. The normalized spacial score (nSPS) is 14.1. The second-order valence-corrected chi connectivity index (χ2v) is 4.18. The van der Waals surface area contributed by atoms with Crippen LogP contribution >= 0.6 is 0 Å². The molecule has 0 bridgehead atoms. The second kappa shape index (κ2) is 4.57. The van der Waals surface area contributed by atoms with Crippen LogP contribution < -0.4 is 0 Å². The molecular formula is C11H6F8N2. The Kier molecular flexibility index (Phi) is 3.37. The lowest BCUT2D eigenvalue weighted by Gasteiger charge is -2.30. The highest BCUT2D eigenvalue weighted by molar-refractivity contribution is 5.74. The van der Waals surface area contributed by atoms with Crippen LogP contribution in [0.15, 0.2) is 24.3 Å². The summed E-state index contributed by atoms with van der Waals surface area (Å²) in [5.74, 6) is -19.9. The van der Waals surface area contributed by atoms with Gasteiger partial charge in [-0.15, -0.1) is 0 Å². The van der Waals surface area contributed by atoms with Crippen molar-refractivity contribution in [3.63, 3.8) is 0 Å². The van der Waals surface area contributed by atoms with Crippen LogP contribution in [0.4, 0.5) is 35.1 Å². The highest BCUT2D eigenvalue weighted by atomic mass is 19.4. The van der Waals surface area contributed by atoms with Gasteiger partial charge in [-0.25, -0.2) is 13.8 Å². The van der Waals surface area contributed by atoms with Gasteiger partial charge < -0.3 is 4.98 Å². The third kappa shape index (κ3) is 2.12. The Balaban J connectivity index is 2.54. The van der Waals surface area contributed by atoms with Crippen molar-refractivity contribution in [3.8, 4) is 0 Å². The summed E-state index contributed by atoms with van der Waals surface area (Å²) in [5, 5.41) is 0. The van der Waals surface area contributed by atoms with E-state index in [-0.39, 0.29) is 11.0 Å². The number of benzene rings is 1. The molecule has 21 heavy (non-hydrogen) atoms. The van der Waals surface area contributed by atoms with Crippen molar-refractivity contribution in [2.45, 2.75) is 24.2 Å². The van der Waals surface area contributed by atoms with Crippen LogP contribution in [0.2, 0.25) is 0 Å². The number of imidazole rings is 1. The molecule has 10 heteroatoms. The first-order chi connectivity index (χ1) is 9.51. The number of fused-ring (bicyclic) bond motifs is 1. The number of H-pyrrole nitrogens is 1. The molecule has 2 rings (SSSR count). The van der Waals surface area contributed by atoms with E-state index < -0.39 is 30.0 Å². The number of para-hydroxylation sites is 2. The molecule has 2 nitrogen and oxygen atoms in total. The van der Waals surface area contributed by atoms with Gasteiger partial charge in [-0.3, -0.25) is 0 Å². The summed E-state index contributed by atoms with van der Waals surface area (Å²) in [4.78, 5) is 4.79. The number of nitrogens with zero attached hydrogens (tertiary/aromatic N) is 1. The second-order valence-electron chi connectivity index (χ2n) is 4.18. The molecule has 0 spiro atoms. The number of halogens is 8. The zero-order valence-electron chi connectivity index (χ0n) is 9.86.